The molecule has 1 saturated heterocycles. The first-order valence-electron chi connectivity index (χ1n) is 6.95. The zero-order valence-corrected chi connectivity index (χ0v) is 12.2. The van der Waals surface area contributed by atoms with Crippen LogP contribution in [-0.4, -0.2) is 54.6 Å². The highest BCUT2D eigenvalue weighted by atomic mass is 32.2. The SMILES string of the molecule is C(#CC1N=CC(CN2CCOCC2)S1)c1ccccc1. The van der Waals surface area contributed by atoms with Gasteiger partial charge in [0.1, 0.15) is 0 Å². The Morgan fingerprint density at radius 1 is 1.25 bits per heavy atom. The van der Waals surface area contributed by atoms with Crippen molar-refractivity contribution in [1.29, 1.82) is 0 Å². The summed E-state index contributed by atoms with van der Waals surface area (Å²) in [5.41, 5.74) is 1.06. The number of nitrogens with zero attached hydrogens (tertiary/aromatic N) is 2. The van der Waals surface area contributed by atoms with Crippen LogP contribution in [0.25, 0.3) is 0 Å². The zero-order chi connectivity index (χ0) is 13.6. The van der Waals surface area contributed by atoms with E-state index in [4.69, 9.17) is 4.74 Å². The Morgan fingerprint density at radius 3 is 2.85 bits per heavy atom. The van der Waals surface area contributed by atoms with Gasteiger partial charge in [0.15, 0.2) is 5.37 Å². The standard InChI is InChI=1S/C16H18N2OS/c1-2-4-14(5-3-1)6-7-16-17-12-15(20-16)13-18-8-10-19-11-9-18/h1-5,12,15-16H,8-11,13H2. The second kappa shape index (κ2) is 6.94. The van der Waals surface area contributed by atoms with Gasteiger partial charge in [-0.25, -0.2) is 0 Å². The van der Waals surface area contributed by atoms with Crippen LogP contribution in [0.5, 0.6) is 0 Å². The van der Waals surface area contributed by atoms with Crippen LogP contribution in [0.3, 0.4) is 0 Å². The minimum absolute atomic E-state index is 0.0845. The molecule has 2 atom stereocenters. The van der Waals surface area contributed by atoms with E-state index in [2.05, 4.69) is 27.9 Å². The molecule has 3 rings (SSSR count). The van der Waals surface area contributed by atoms with Gasteiger partial charge in [-0.15, -0.1) is 11.8 Å². The third kappa shape index (κ3) is 3.86. The highest BCUT2D eigenvalue weighted by Crippen LogP contribution is 2.24. The van der Waals surface area contributed by atoms with E-state index in [1.54, 1.807) is 0 Å². The Morgan fingerprint density at radius 2 is 2.05 bits per heavy atom. The monoisotopic (exact) mass is 286 g/mol. The maximum atomic E-state index is 5.37. The zero-order valence-electron chi connectivity index (χ0n) is 11.4. The van der Waals surface area contributed by atoms with Crippen molar-refractivity contribution in [1.82, 2.24) is 4.90 Å². The first-order valence-corrected chi connectivity index (χ1v) is 7.90. The van der Waals surface area contributed by atoms with Crippen LogP contribution in [0.2, 0.25) is 0 Å². The molecule has 20 heavy (non-hydrogen) atoms. The van der Waals surface area contributed by atoms with Crippen LogP contribution in [0.15, 0.2) is 35.3 Å². The van der Waals surface area contributed by atoms with E-state index in [1.165, 1.54) is 0 Å². The lowest BCUT2D eigenvalue weighted by molar-refractivity contribution is 0.0399. The molecule has 1 aromatic carbocycles. The summed E-state index contributed by atoms with van der Waals surface area (Å²) >= 11 is 1.85. The summed E-state index contributed by atoms with van der Waals surface area (Å²) in [6.07, 6.45) is 2.06. The van der Waals surface area contributed by atoms with E-state index in [9.17, 15) is 0 Å². The van der Waals surface area contributed by atoms with Crippen LogP contribution in [-0.2, 0) is 4.74 Å². The van der Waals surface area contributed by atoms with Crippen molar-refractivity contribution in [3.8, 4) is 11.8 Å². The number of benzene rings is 1. The Kier molecular flexibility index (Phi) is 4.75. The average molecular weight is 286 g/mol. The Hall–Kier alpha value is -1.28. The number of hydrogen-bond donors (Lipinski definition) is 0. The summed E-state index contributed by atoms with van der Waals surface area (Å²) in [7, 11) is 0. The molecule has 3 nitrogen and oxygen atoms in total. The topological polar surface area (TPSA) is 24.8 Å². The van der Waals surface area contributed by atoms with Gasteiger partial charge in [-0.05, 0) is 12.1 Å². The highest BCUT2D eigenvalue weighted by Gasteiger charge is 2.22. The van der Waals surface area contributed by atoms with E-state index in [1.807, 2.05) is 42.1 Å². The van der Waals surface area contributed by atoms with Gasteiger partial charge in [0.05, 0.1) is 18.5 Å². The summed E-state index contributed by atoms with van der Waals surface area (Å²) in [6, 6.07) is 10.1. The first-order chi connectivity index (χ1) is 9.90. The largest absolute Gasteiger partial charge is 0.379 e. The first kappa shape index (κ1) is 13.7. The van der Waals surface area contributed by atoms with Crippen molar-refractivity contribution in [3.05, 3.63) is 35.9 Å². The Labute approximate surface area is 124 Å². The minimum Gasteiger partial charge on any atom is -0.379 e. The lowest BCUT2D eigenvalue weighted by atomic mass is 10.2. The molecule has 2 aliphatic rings. The van der Waals surface area contributed by atoms with Crippen molar-refractivity contribution in [2.45, 2.75) is 10.6 Å². The Bertz CT molecular complexity index is 514. The normalized spacial score (nSPS) is 26.2. The molecule has 2 heterocycles. The van der Waals surface area contributed by atoms with Gasteiger partial charge < -0.3 is 4.74 Å². The van der Waals surface area contributed by atoms with Crippen LogP contribution >= 0.6 is 11.8 Å². The minimum atomic E-state index is 0.0845. The molecule has 4 heteroatoms. The Balaban J connectivity index is 1.50. The van der Waals surface area contributed by atoms with Gasteiger partial charge in [-0.2, -0.15) is 0 Å². The van der Waals surface area contributed by atoms with Crippen molar-refractivity contribution < 1.29 is 4.74 Å². The van der Waals surface area contributed by atoms with Crippen molar-refractivity contribution >= 4 is 18.0 Å². The van der Waals surface area contributed by atoms with Crippen LogP contribution in [0.4, 0.5) is 0 Å². The van der Waals surface area contributed by atoms with Crippen molar-refractivity contribution in [2.75, 3.05) is 32.8 Å². The number of thioether (sulfide) groups is 1. The fraction of sp³-hybridized carbons (Fsp3) is 0.438. The van der Waals surface area contributed by atoms with E-state index in [0.717, 1.165) is 38.4 Å². The second-order valence-electron chi connectivity index (χ2n) is 4.87. The van der Waals surface area contributed by atoms with Gasteiger partial charge in [0.25, 0.3) is 0 Å². The molecule has 2 unspecified atom stereocenters. The third-order valence-corrected chi connectivity index (χ3v) is 4.46. The molecule has 104 valence electrons. The molecule has 0 N–H and O–H groups in total. The fourth-order valence-electron chi connectivity index (χ4n) is 2.28. The number of hydrogen-bond acceptors (Lipinski definition) is 4. The summed E-state index contributed by atoms with van der Waals surface area (Å²) < 4.78 is 5.37. The molecule has 0 radical (unpaired) electrons. The van der Waals surface area contributed by atoms with Crippen molar-refractivity contribution in [2.24, 2.45) is 4.99 Å². The molecular formula is C16H18N2OS. The van der Waals surface area contributed by atoms with Gasteiger partial charge in [-0.1, -0.05) is 30.0 Å². The van der Waals surface area contributed by atoms with Gasteiger partial charge in [-0.3, -0.25) is 9.89 Å². The molecule has 1 fully saturated rings. The molecule has 0 aromatic heterocycles. The van der Waals surface area contributed by atoms with E-state index in [-0.39, 0.29) is 5.37 Å². The molecule has 0 amide bonds. The van der Waals surface area contributed by atoms with E-state index >= 15 is 0 Å². The number of morpholine rings is 1. The van der Waals surface area contributed by atoms with E-state index in [0.29, 0.717) is 5.25 Å². The maximum absolute atomic E-state index is 5.37. The maximum Gasteiger partial charge on any atom is 0.156 e. The number of aliphatic imine (C=N–C) groups is 1. The predicted molar refractivity (Wildman–Crippen MR) is 84.2 cm³/mol. The molecule has 0 saturated carbocycles. The number of ether oxygens (including phenoxy) is 1. The van der Waals surface area contributed by atoms with Crippen molar-refractivity contribution in [3.63, 3.8) is 0 Å². The molecular weight excluding hydrogens is 268 g/mol. The summed E-state index contributed by atoms with van der Waals surface area (Å²) in [5.74, 6) is 6.43. The van der Waals surface area contributed by atoms with Crippen LogP contribution < -0.4 is 0 Å². The van der Waals surface area contributed by atoms with Gasteiger partial charge >= 0.3 is 0 Å². The smallest absolute Gasteiger partial charge is 0.156 e. The summed E-state index contributed by atoms with van der Waals surface area (Å²) in [6.45, 7) is 4.83. The van der Waals surface area contributed by atoms with Gasteiger partial charge in [0, 0.05) is 31.4 Å². The van der Waals surface area contributed by atoms with Crippen LogP contribution in [0.1, 0.15) is 5.56 Å². The lowest BCUT2D eigenvalue weighted by Gasteiger charge is -2.27. The predicted octanol–water partition coefficient (Wildman–Crippen LogP) is 1.88. The molecule has 1 aromatic rings. The van der Waals surface area contributed by atoms with Gasteiger partial charge in [0.2, 0.25) is 0 Å². The molecule has 0 spiro atoms. The summed E-state index contributed by atoms with van der Waals surface area (Å²) in [4.78, 5) is 6.95. The molecule has 0 bridgehead atoms. The second-order valence-corrected chi connectivity index (χ2v) is 6.20. The van der Waals surface area contributed by atoms with E-state index < -0.39 is 0 Å². The quantitative estimate of drug-likeness (QED) is 0.776. The van der Waals surface area contributed by atoms with Crippen LogP contribution in [0, 0.1) is 11.8 Å². The fourth-order valence-corrected chi connectivity index (χ4v) is 3.31. The average Bonchev–Trinajstić information content (AvgIpc) is 2.95. The lowest BCUT2D eigenvalue weighted by Crippen LogP contribution is -2.40. The highest BCUT2D eigenvalue weighted by molar-refractivity contribution is 8.01. The summed E-state index contributed by atoms with van der Waals surface area (Å²) in [5, 5.41) is 0.546. The molecule has 2 aliphatic heterocycles. The number of rotatable bonds is 2. The third-order valence-electron chi connectivity index (χ3n) is 3.35. The molecule has 0 aliphatic carbocycles.